The molecule has 1 spiro atoms. The zero-order valence-electron chi connectivity index (χ0n) is 43.9. The van der Waals surface area contributed by atoms with Crippen LogP contribution in [0.1, 0.15) is 119 Å². The van der Waals surface area contributed by atoms with Gasteiger partial charge in [0.05, 0.1) is 29.2 Å². The Labute approximate surface area is 447 Å². The van der Waals surface area contributed by atoms with E-state index < -0.39 is 23.8 Å². The van der Waals surface area contributed by atoms with E-state index in [0.717, 1.165) is 93.2 Å². The standard InChI is InChI=1S/C59H67FN12O5/c1-34(2)53(56(75)71-33-43(73)22-50(71)55-64-58(3,77-68-55)39-14-12-36(13-15-39)44-8-4-6-10-46(44)60)52-24-47(67-76-52)37-25-59(26-37)27-42(28-59)69-20-18-35(19-21-69)38-29-62-57(63-30-38)72-40-16-17-41(72)32-70(31-40)49-23-48(65-66-54(49)61)45-9-5-7-11-51(45)74/h4-15,23-24,29-30,34-35,37,40-43,50,53,73-74H,16-22,25-28,31-33H2,1-3H3,(H2,61,66)(H,64,68)/t37-,40?,41?,42-,43-,50+,53-,58-,59?/m1/s1. The number of benzene rings is 3. The number of rotatable bonds is 12. The molecule has 6 fully saturated rings. The second-order valence-corrected chi connectivity index (χ2v) is 23.6. The number of aromatic hydroxyl groups is 1. The molecule has 3 aromatic heterocycles. The molecule has 6 atom stereocenters. The van der Waals surface area contributed by atoms with Gasteiger partial charge in [-0.05, 0) is 117 Å². The quantitative estimate of drug-likeness (QED) is 0.0910. The Hall–Kier alpha value is -7.18. The number of phenols is 1. The number of piperidine rings is 1. The number of phenolic OH excluding ortho intramolecular Hbond substituents is 1. The number of amidine groups is 1. The second-order valence-electron chi connectivity index (χ2n) is 23.6. The van der Waals surface area contributed by atoms with Gasteiger partial charge in [-0.3, -0.25) is 4.79 Å². The van der Waals surface area contributed by atoms with Gasteiger partial charge in [-0.2, -0.15) is 0 Å². The lowest BCUT2D eigenvalue weighted by Crippen LogP contribution is -2.57. The van der Waals surface area contributed by atoms with Crippen LogP contribution in [0.5, 0.6) is 5.75 Å². The minimum absolute atomic E-state index is 0.0834. The maximum absolute atomic E-state index is 14.6. The van der Waals surface area contributed by atoms with Crippen LogP contribution in [0, 0.1) is 17.2 Å². The number of hydrogen-bond donors (Lipinski definition) is 4. The monoisotopic (exact) mass is 1040 g/mol. The van der Waals surface area contributed by atoms with Crippen LogP contribution in [-0.4, -0.2) is 120 Å². The van der Waals surface area contributed by atoms with Crippen molar-refractivity contribution in [1.29, 1.82) is 0 Å². The Morgan fingerprint density at radius 2 is 1.55 bits per heavy atom. The molecule has 6 aromatic rings. The number of aromatic nitrogens is 5. The highest BCUT2D eigenvalue weighted by molar-refractivity contribution is 5.94. The average Bonchev–Trinajstić information content (AvgIpc) is 4.22. The average molecular weight is 1040 g/mol. The molecule has 2 bridgehead atoms. The van der Waals surface area contributed by atoms with Crippen LogP contribution >= 0.6 is 0 Å². The zero-order chi connectivity index (χ0) is 52.7. The van der Waals surface area contributed by atoms with Crippen LogP contribution in [0.25, 0.3) is 22.4 Å². The molecule has 17 nitrogen and oxygen atoms in total. The summed E-state index contributed by atoms with van der Waals surface area (Å²) in [5.41, 5.74) is 12.0. The molecular weight excluding hydrogens is 976 g/mol. The first-order valence-corrected chi connectivity index (χ1v) is 27.6. The Morgan fingerprint density at radius 1 is 0.844 bits per heavy atom. The first kappa shape index (κ1) is 49.4. The van der Waals surface area contributed by atoms with Crippen LogP contribution in [0.4, 0.5) is 21.8 Å². The Kier molecular flexibility index (Phi) is 12.4. The number of carbonyl (C=O) groups is 1. The molecule has 1 amide bonds. The number of nitrogens with zero attached hydrogens (tertiary/aromatic N) is 10. The molecule has 4 saturated heterocycles. The number of anilines is 3. The van der Waals surface area contributed by atoms with Crippen molar-refractivity contribution in [1.82, 2.24) is 40.4 Å². The van der Waals surface area contributed by atoms with Crippen LogP contribution in [0.2, 0.25) is 0 Å². The summed E-state index contributed by atoms with van der Waals surface area (Å²) < 4.78 is 20.6. The van der Waals surface area contributed by atoms with Crippen molar-refractivity contribution in [3.63, 3.8) is 0 Å². The van der Waals surface area contributed by atoms with Crippen molar-refractivity contribution in [3.8, 4) is 28.1 Å². The van der Waals surface area contributed by atoms with Gasteiger partial charge in [0.25, 0.3) is 0 Å². The first-order valence-electron chi connectivity index (χ1n) is 27.6. The lowest BCUT2D eigenvalue weighted by Gasteiger charge is -2.60. The lowest BCUT2D eigenvalue weighted by atomic mass is 9.49. The van der Waals surface area contributed by atoms with Gasteiger partial charge in [-0.1, -0.05) is 78.8 Å². The topological polar surface area (TPSA) is 208 Å². The van der Waals surface area contributed by atoms with Gasteiger partial charge < -0.3 is 50.2 Å². The van der Waals surface area contributed by atoms with Crippen molar-refractivity contribution in [2.45, 2.75) is 132 Å². The largest absolute Gasteiger partial charge is 0.507 e. The molecule has 2 aliphatic carbocycles. The Bertz CT molecular complexity index is 3170. The van der Waals surface area contributed by atoms with Crippen molar-refractivity contribution in [3.05, 3.63) is 126 Å². The third-order valence-corrected chi connectivity index (χ3v) is 18.3. The predicted octanol–water partition coefficient (Wildman–Crippen LogP) is 8.29. The number of fused-ring (bicyclic) bond motifs is 2. The fraction of sp³-hybridized carbons (Fsp3) is 0.475. The summed E-state index contributed by atoms with van der Waals surface area (Å²) in [6.07, 6.45) is 12.6. The predicted molar refractivity (Wildman–Crippen MR) is 289 cm³/mol. The molecule has 2 unspecified atom stereocenters. The van der Waals surface area contributed by atoms with E-state index in [-0.39, 0.29) is 42.0 Å². The van der Waals surface area contributed by atoms with Crippen LogP contribution in [0.15, 0.2) is 107 Å². The van der Waals surface area contributed by atoms with Crippen molar-refractivity contribution in [2.24, 2.45) is 16.5 Å². The normalized spacial score (nSPS) is 28.5. The molecule has 0 radical (unpaired) electrons. The van der Waals surface area contributed by atoms with E-state index in [2.05, 4.69) is 52.9 Å². The first-order chi connectivity index (χ1) is 37.3. The van der Waals surface area contributed by atoms with Gasteiger partial charge in [0.2, 0.25) is 17.6 Å². The number of nitrogen functional groups attached to an aromatic ring is 1. The number of para-hydroxylation sites is 1. The van der Waals surface area contributed by atoms with Gasteiger partial charge in [0.15, 0.2) is 11.7 Å². The molecule has 7 aliphatic rings. The van der Waals surface area contributed by atoms with E-state index >= 15 is 0 Å². The minimum Gasteiger partial charge on any atom is -0.507 e. The molecular formula is C59H67FN12O5. The summed E-state index contributed by atoms with van der Waals surface area (Å²) in [6.45, 7) is 9.80. The summed E-state index contributed by atoms with van der Waals surface area (Å²) in [7, 11) is 0. The number of nitrogens with two attached hydrogens (primary N) is 1. The van der Waals surface area contributed by atoms with Gasteiger partial charge in [0, 0.05) is 92.2 Å². The third-order valence-electron chi connectivity index (χ3n) is 18.3. The second kappa shape index (κ2) is 19.4. The summed E-state index contributed by atoms with van der Waals surface area (Å²) >= 11 is 0. The van der Waals surface area contributed by atoms with E-state index in [4.69, 9.17) is 25.1 Å². The number of hydrogen-bond acceptors (Lipinski definition) is 16. The number of β-amino-alcohol motifs (C(OH)–C–C–N with tert-alkyl or cyclic N) is 1. The Morgan fingerprint density at radius 3 is 2.25 bits per heavy atom. The maximum atomic E-state index is 14.6. The molecule has 77 heavy (non-hydrogen) atoms. The molecule has 18 heteroatoms. The number of aliphatic hydroxyl groups excluding tert-OH is 1. The molecule has 3 aromatic carbocycles. The van der Waals surface area contributed by atoms with Crippen LogP contribution < -0.4 is 20.9 Å². The van der Waals surface area contributed by atoms with E-state index in [1.165, 1.54) is 24.5 Å². The van der Waals surface area contributed by atoms with Gasteiger partial charge in [-0.25, -0.2) is 14.4 Å². The number of likely N-dealkylation sites (tertiary alicyclic amines) is 2. The molecule has 8 heterocycles. The number of aliphatic hydroxyl groups is 1. The number of nitrogens with one attached hydrogen (secondary N) is 1. The number of carbonyl (C=O) groups excluding carboxylic acids is 1. The summed E-state index contributed by atoms with van der Waals surface area (Å²) in [6, 6.07) is 25.9. The van der Waals surface area contributed by atoms with Gasteiger partial charge in [0.1, 0.15) is 23.2 Å². The molecule has 5 aliphatic heterocycles. The fourth-order valence-corrected chi connectivity index (χ4v) is 14.1. The zero-order valence-corrected chi connectivity index (χ0v) is 43.9. The lowest BCUT2D eigenvalue weighted by molar-refractivity contribution is -0.134. The SMILES string of the molecule is CC(C)[C@@H](C(=O)N1C[C@H](O)C[C@H]1C1=NO[C@](C)(c2ccc(-c3ccccc3F)cc2)N1)c1cc([C@H]2CC3(C2)C[C@H](N2CCC(c4cnc(N5C6CCC5CN(c5cc(-c7ccccc7O)nnc5N)C6)nc4)CC2)C3)no1. The maximum Gasteiger partial charge on any atom is 0.234 e. The van der Waals surface area contributed by atoms with E-state index in [1.54, 1.807) is 29.2 Å². The van der Waals surface area contributed by atoms with Crippen LogP contribution in [0.3, 0.4) is 0 Å². The van der Waals surface area contributed by atoms with E-state index in [0.29, 0.717) is 63.9 Å². The molecule has 5 N–H and O–H groups in total. The Balaban J connectivity index is 0.581. The highest BCUT2D eigenvalue weighted by Crippen LogP contribution is 2.63. The third kappa shape index (κ3) is 9.00. The van der Waals surface area contributed by atoms with E-state index in [9.17, 15) is 19.4 Å². The molecule has 13 rings (SSSR count). The number of piperazine rings is 1. The fourth-order valence-electron chi connectivity index (χ4n) is 14.1. The summed E-state index contributed by atoms with van der Waals surface area (Å²) in [5.74, 6) is 2.05. The summed E-state index contributed by atoms with van der Waals surface area (Å²) in [5, 5.41) is 42.4. The van der Waals surface area contributed by atoms with Crippen molar-refractivity contribution < 1.29 is 28.8 Å². The van der Waals surface area contributed by atoms with E-state index in [1.807, 2.05) is 75.4 Å². The highest BCUT2D eigenvalue weighted by atomic mass is 19.1. The number of halogens is 1. The number of amides is 1. The summed E-state index contributed by atoms with van der Waals surface area (Å²) in [4.78, 5) is 39.7. The van der Waals surface area contributed by atoms with Crippen molar-refractivity contribution >= 4 is 29.2 Å². The molecule has 400 valence electrons. The van der Waals surface area contributed by atoms with Gasteiger partial charge in [-0.15, -0.1) is 10.2 Å². The molecule has 2 saturated carbocycles. The smallest absolute Gasteiger partial charge is 0.234 e. The minimum atomic E-state index is -1.02. The van der Waals surface area contributed by atoms with Crippen molar-refractivity contribution in [2.75, 3.05) is 48.3 Å². The van der Waals surface area contributed by atoms with Crippen LogP contribution in [-0.2, 0) is 15.4 Å². The number of oxime groups is 1. The van der Waals surface area contributed by atoms with Gasteiger partial charge >= 0.3 is 0 Å². The highest BCUT2D eigenvalue weighted by Gasteiger charge is 2.56.